The number of nitrogens with zero attached hydrogens (tertiary/aromatic N) is 2. The van der Waals surface area contributed by atoms with Crippen molar-refractivity contribution in [2.75, 3.05) is 25.5 Å². The quantitative estimate of drug-likeness (QED) is 0.371. The Balaban J connectivity index is 1.96. The maximum absolute atomic E-state index is 12.3. The summed E-state index contributed by atoms with van der Waals surface area (Å²) in [6, 6.07) is 17.2. The number of anilines is 1. The minimum Gasteiger partial charge on any atom is -0.438 e. The van der Waals surface area contributed by atoms with Gasteiger partial charge in [-0.05, 0) is 30.4 Å². The largest absolute Gasteiger partial charge is 0.438 e. The normalized spacial score (nSPS) is 11.9. The van der Waals surface area contributed by atoms with Crippen LogP contribution in [-0.4, -0.2) is 26.4 Å². The fourth-order valence-electron chi connectivity index (χ4n) is 2.82. The van der Waals surface area contributed by atoms with Crippen LogP contribution in [0.25, 0.3) is 17.0 Å². The molecule has 0 unspecified atom stereocenters. The molecule has 3 aromatic rings. The van der Waals surface area contributed by atoms with Gasteiger partial charge in [0.15, 0.2) is 5.78 Å². The number of ketones is 1. The van der Waals surface area contributed by atoms with E-state index in [1.54, 1.807) is 31.3 Å². The molecule has 0 aliphatic heterocycles. The van der Waals surface area contributed by atoms with Gasteiger partial charge in [0.1, 0.15) is 5.58 Å². The number of carbonyl (C=O) groups is 1. The Morgan fingerprint density at radius 3 is 2.67 bits per heavy atom. The molecule has 0 saturated heterocycles. The first kappa shape index (κ1) is 18.4. The van der Waals surface area contributed by atoms with Gasteiger partial charge in [0.05, 0.1) is 0 Å². The topological polar surface area (TPSA) is 45.8 Å². The van der Waals surface area contributed by atoms with Gasteiger partial charge < -0.3 is 9.32 Å². The Bertz CT molecular complexity index is 1060. The van der Waals surface area contributed by atoms with E-state index in [9.17, 15) is 4.79 Å². The van der Waals surface area contributed by atoms with Crippen LogP contribution in [0.5, 0.6) is 0 Å². The second-order valence-electron chi connectivity index (χ2n) is 6.19. The molecule has 0 amide bonds. The molecule has 0 saturated carbocycles. The molecule has 2 aromatic carbocycles. The number of allylic oxidation sites excluding steroid dienone is 1. The number of hydrogen-bond donors (Lipinski definition) is 0. The maximum atomic E-state index is 12.3. The van der Waals surface area contributed by atoms with E-state index in [4.69, 9.17) is 4.42 Å². The van der Waals surface area contributed by atoms with Crippen LogP contribution in [0.2, 0.25) is 0 Å². The molecule has 27 heavy (non-hydrogen) atoms. The smallest absolute Gasteiger partial charge is 0.221 e. The van der Waals surface area contributed by atoms with Crippen LogP contribution in [0.15, 0.2) is 82.7 Å². The van der Waals surface area contributed by atoms with Gasteiger partial charge in [-0.3, -0.25) is 9.79 Å². The highest BCUT2D eigenvalue weighted by Crippen LogP contribution is 2.21. The molecule has 0 fully saturated rings. The highest BCUT2D eigenvalue weighted by Gasteiger charge is 2.06. The molecule has 1 heterocycles. The fraction of sp³-hybridized carbons (Fsp3) is 0.130. The number of benzene rings is 2. The van der Waals surface area contributed by atoms with Crippen LogP contribution in [-0.2, 0) is 0 Å². The highest BCUT2D eigenvalue weighted by molar-refractivity contribution is 6.06. The van der Waals surface area contributed by atoms with Crippen molar-refractivity contribution in [3.8, 4) is 0 Å². The zero-order valence-electron chi connectivity index (χ0n) is 15.6. The van der Waals surface area contributed by atoms with Gasteiger partial charge in [-0.1, -0.05) is 36.4 Å². The van der Waals surface area contributed by atoms with Gasteiger partial charge in [0, 0.05) is 48.9 Å². The van der Waals surface area contributed by atoms with Crippen LogP contribution >= 0.6 is 0 Å². The molecule has 3 rings (SSSR count). The van der Waals surface area contributed by atoms with E-state index in [-0.39, 0.29) is 5.78 Å². The van der Waals surface area contributed by atoms with E-state index in [0.717, 1.165) is 28.8 Å². The second kappa shape index (κ2) is 8.32. The average molecular weight is 358 g/mol. The molecule has 0 radical (unpaired) electrons. The first-order valence-electron chi connectivity index (χ1n) is 8.72. The summed E-state index contributed by atoms with van der Waals surface area (Å²) in [7, 11) is 3.68. The zero-order chi connectivity index (χ0) is 19.2. The van der Waals surface area contributed by atoms with Crippen LogP contribution in [0.1, 0.15) is 15.9 Å². The summed E-state index contributed by atoms with van der Waals surface area (Å²) in [5.41, 5.74) is 3.69. The third-order valence-electron chi connectivity index (χ3n) is 4.28. The lowest BCUT2D eigenvalue weighted by Crippen LogP contribution is -2.16. The zero-order valence-corrected chi connectivity index (χ0v) is 15.6. The number of fused-ring (bicyclic) bond motifs is 1. The van der Waals surface area contributed by atoms with Crippen molar-refractivity contribution in [3.05, 3.63) is 90.0 Å². The maximum Gasteiger partial charge on any atom is 0.221 e. The van der Waals surface area contributed by atoms with Crippen LogP contribution in [0.4, 0.5) is 5.69 Å². The van der Waals surface area contributed by atoms with Crippen molar-refractivity contribution in [2.24, 2.45) is 4.99 Å². The van der Waals surface area contributed by atoms with Gasteiger partial charge in [-0.15, -0.1) is 6.58 Å². The SMILES string of the molecule is C=CCN(C)c1ccc2cc(/C=C/C(=O)c3ccccc3)c(=NC)oc2c1. The summed E-state index contributed by atoms with van der Waals surface area (Å²) < 4.78 is 5.97. The predicted molar refractivity (Wildman–Crippen MR) is 111 cm³/mol. The average Bonchev–Trinajstić information content (AvgIpc) is 2.71. The van der Waals surface area contributed by atoms with Crippen molar-refractivity contribution < 1.29 is 9.21 Å². The molecule has 0 aliphatic carbocycles. The Labute approximate surface area is 158 Å². The standard InChI is InChI=1S/C23H22N2O2/c1-4-14-25(3)20-12-10-18-15-19(23(24-2)27-22(18)16-20)11-13-21(26)17-8-6-5-7-9-17/h4-13,15-16H,1,14H2,2-3H3/b13-11+,24-23?. The van der Waals surface area contributed by atoms with E-state index < -0.39 is 0 Å². The van der Waals surface area contributed by atoms with Crippen molar-refractivity contribution in [3.63, 3.8) is 0 Å². The van der Waals surface area contributed by atoms with Crippen LogP contribution < -0.4 is 10.5 Å². The number of rotatable bonds is 6. The van der Waals surface area contributed by atoms with Crippen molar-refractivity contribution in [1.29, 1.82) is 0 Å². The Morgan fingerprint density at radius 1 is 1.19 bits per heavy atom. The first-order valence-corrected chi connectivity index (χ1v) is 8.72. The van der Waals surface area contributed by atoms with Crippen LogP contribution in [0.3, 0.4) is 0 Å². The minimum absolute atomic E-state index is 0.0563. The Morgan fingerprint density at radius 2 is 1.96 bits per heavy atom. The Kier molecular flexibility index (Phi) is 5.67. The third-order valence-corrected chi connectivity index (χ3v) is 4.28. The molecule has 0 atom stereocenters. The summed E-state index contributed by atoms with van der Waals surface area (Å²) in [4.78, 5) is 18.6. The van der Waals surface area contributed by atoms with Gasteiger partial charge in [-0.2, -0.15) is 0 Å². The van der Waals surface area contributed by atoms with Crippen molar-refractivity contribution in [1.82, 2.24) is 0 Å². The number of likely N-dealkylation sites (N-methyl/N-ethyl adjacent to an activating group) is 1. The summed E-state index contributed by atoms with van der Waals surface area (Å²) in [5.74, 6) is -0.0563. The molecule has 1 aromatic heterocycles. The van der Waals surface area contributed by atoms with E-state index in [1.165, 1.54) is 0 Å². The fourth-order valence-corrected chi connectivity index (χ4v) is 2.82. The monoisotopic (exact) mass is 358 g/mol. The molecule has 0 aliphatic rings. The molecule has 0 bridgehead atoms. The molecule has 136 valence electrons. The molecule has 4 heteroatoms. The Hall–Kier alpha value is -3.40. The van der Waals surface area contributed by atoms with E-state index >= 15 is 0 Å². The first-order chi connectivity index (χ1) is 13.1. The van der Waals surface area contributed by atoms with Crippen LogP contribution in [0, 0.1) is 0 Å². The lowest BCUT2D eigenvalue weighted by atomic mass is 10.1. The van der Waals surface area contributed by atoms with Crippen molar-refractivity contribution in [2.45, 2.75) is 0 Å². The molecule has 0 N–H and O–H groups in total. The molecule has 4 nitrogen and oxygen atoms in total. The summed E-state index contributed by atoms with van der Waals surface area (Å²) in [6.45, 7) is 4.52. The second-order valence-corrected chi connectivity index (χ2v) is 6.19. The van der Waals surface area contributed by atoms with Gasteiger partial charge in [0.2, 0.25) is 5.55 Å². The predicted octanol–water partition coefficient (Wildman–Crippen LogP) is 4.48. The lowest BCUT2D eigenvalue weighted by Gasteiger charge is -2.17. The third kappa shape index (κ3) is 4.23. The minimum atomic E-state index is -0.0563. The van der Waals surface area contributed by atoms with Gasteiger partial charge in [-0.25, -0.2) is 0 Å². The lowest BCUT2D eigenvalue weighted by molar-refractivity contribution is 0.104. The van der Waals surface area contributed by atoms with E-state index in [0.29, 0.717) is 11.1 Å². The molecule has 0 spiro atoms. The summed E-state index contributed by atoms with van der Waals surface area (Å²) in [6.07, 6.45) is 5.15. The molecular formula is C23H22N2O2. The van der Waals surface area contributed by atoms with Gasteiger partial charge >= 0.3 is 0 Å². The highest BCUT2D eigenvalue weighted by atomic mass is 16.3. The number of carbonyl (C=O) groups excluding carboxylic acids is 1. The van der Waals surface area contributed by atoms with Crippen molar-refractivity contribution >= 4 is 28.5 Å². The van der Waals surface area contributed by atoms with Gasteiger partial charge in [0.25, 0.3) is 0 Å². The summed E-state index contributed by atoms with van der Waals surface area (Å²) >= 11 is 0. The molecular weight excluding hydrogens is 336 g/mol. The van der Waals surface area contributed by atoms with E-state index in [2.05, 4.69) is 16.5 Å². The number of hydrogen-bond acceptors (Lipinski definition) is 4. The van der Waals surface area contributed by atoms with E-state index in [1.807, 2.05) is 55.6 Å². The summed E-state index contributed by atoms with van der Waals surface area (Å²) in [5, 5.41) is 0.949.